The molecule has 1 aliphatic heterocycles. The van der Waals surface area contributed by atoms with Gasteiger partial charge in [-0.2, -0.15) is 31.6 Å². The summed E-state index contributed by atoms with van der Waals surface area (Å²) in [6, 6.07) is 0. The number of nitrogens with zero attached hydrogens (tertiary/aromatic N) is 4. The van der Waals surface area contributed by atoms with Crippen LogP contribution in [0.2, 0.25) is 0 Å². The smallest absolute Gasteiger partial charge is 0.384 e. The Kier molecular flexibility index (Phi) is 5.84. The molecule has 6 nitrogen and oxygen atoms in total. The van der Waals surface area contributed by atoms with Crippen LogP contribution in [0, 0.1) is 5.92 Å². The number of alkyl halides is 6. The van der Waals surface area contributed by atoms with Crippen molar-refractivity contribution in [2.75, 3.05) is 20.3 Å². The SMILES string of the molecule is COCCc1nn2c(C(F)(F)F)c(CN3CC(CC(F)(F)Cl)CC3=O)nc2s1. The van der Waals surface area contributed by atoms with Crippen molar-refractivity contribution in [2.45, 2.75) is 37.4 Å². The molecule has 0 spiro atoms. The summed E-state index contributed by atoms with van der Waals surface area (Å²) in [4.78, 5) is 17.2. The highest BCUT2D eigenvalue weighted by atomic mass is 35.5. The molecule has 0 radical (unpaired) electrons. The zero-order valence-electron chi connectivity index (χ0n) is 14.6. The molecule has 1 aliphatic rings. The second-order valence-electron chi connectivity index (χ2n) is 6.50. The second-order valence-corrected chi connectivity index (χ2v) is 8.10. The second kappa shape index (κ2) is 7.71. The first-order valence-corrected chi connectivity index (χ1v) is 9.45. The van der Waals surface area contributed by atoms with Crippen molar-refractivity contribution in [1.29, 1.82) is 0 Å². The molecule has 0 aliphatic carbocycles. The van der Waals surface area contributed by atoms with Gasteiger partial charge in [0.15, 0.2) is 5.69 Å². The van der Waals surface area contributed by atoms with Crippen LogP contribution in [0.3, 0.4) is 0 Å². The highest BCUT2D eigenvalue weighted by molar-refractivity contribution is 7.16. The van der Waals surface area contributed by atoms with Crippen LogP contribution < -0.4 is 0 Å². The van der Waals surface area contributed by atoms with Crippen molar-refractivity contribution in [2.24, 2.45) is 5.92 Å². The lowest BCUT2D eigenvalue weighted by Crippen LogP contribution is -2.27. The number of likely N-dealkylation sites (tertiary alicyclic amines) is 1. The standard InChI is InChI=1S/C15H16ClF5N4O2S/c1-27-3-2-10-23-25-12(15(19,20)21)9(22-13(25)28-10)7-24-6-8(4-11(24)26)5-14(16,17)18/h8H,2-7H2,1H3. The molecule has 1 atom stereocenters. The Morgan fingerprint density at radius 3 is 2.64 bits per heavy atom. The molecule has 13 heteroatoms. The molecule has 1 unspecified atom stereocenters. The monoisotopic (exact) mass is 446 g/mol. The summed E-state index contributed by atoms with van der Waals surface area (Å²) in [5, 5.41) is 0.920. The minimum Gasteiger partial charge on any atom is -0.384 e. The zero-order valence-corrected chi connectivity index (χ0v) is 16.2. The molecule has 3 rings (SSSR count). The van der Waals surface area contributed by atoms with Crippen LogP contribution in [-0.4, -0.2) is 51.0 Å². The summed E-state index contributed by atoms with van der Waals surface area (Å²) < 4.78 is 72.3. The van der Waals surface area contributed by atoms with Gasteiger partial charge in [0.1, 0.15) is 5.01 Å². The van der Waals surface area contributed by atoms with Gasteiger partial charge in [0.25, 0.3) is 0 Å². The summed E-state index contributed by atoms with van der Waals surface area (Å²) in [6.07, 6.45) is -5.31. The molecule has 0 aromatic carbocycles. The lowest BCUT2D eigenvalue weighted by Gasteiger charge is -2.17. The number of hydrogen-bond donors (Lipinski definition) is 0. The van der Waals surface area contributed by atoms with Gasteiger partial charge in [-0.1, -0.05) is 11.3 Å². The summed E-state index contributed by atoms with van der Waals surface area (Å²) in [5.74, 6) is -1.24. The van der Waals surface area contributed by atoms with Crippen molar-refractivity contribution in [3.8, 4) is 0 Å². The van der Waals surface area contributed by atoms with Crippen LogP contribution in [0.15, 0.2) is 0 Å². The van der Waals surface area contributed by atoms with Gasteiger partial charge >= 0.3 is 11.6 Å². The maximum atomic E-state index is 13.6. The summed E-state index contributed by atoms with van der Waals surface area (Å²) in [7, 11) is 1.47. The van der Waals surface area contributed by atoms with E-state index >= 15 is 0 Å². The molecule has 0 saturated carbocycles. The molecule has 1 saturated heterocycles. The Hall–Kier alpha value is -1.53. The van der Waals surface area contributed by atoms with Crippen LogP contribution in [-0.2, 0) is 28.7 Å². The average molecular weight is 447 g/mol. The number of aromatic nitrogens is 3. The van der Waals surface area contributed by atoms with E-state index in [-0.39, 0.29) is 23.6 Å². The third-order valence-corrected chi connectivity index (χ3v) is 5.38. The van der Waals surface area contributed by atoms with Gasteiger partial charge in [-0.15, -0.1) is 0 Å². The van der Waals surface area contributed by atoms with E-state index in [1.807, 2.05) is 0 Å². The molecule has 0 N–H and O–H groups in total. The number of halogens is 6. The maximum Gasteiger partial charge on any atom is 0.435 e. The fourth-order valence-corrected chi connectivity index (χ4v) is 4.28. The molecule has 3 heterocycles. The Balaban J connectivity index is 1.84. The predicted molar refractivity (Wildman–Crippen MR) is 90.4 cm³/mol. The van der Waals surface area contributed by atoms with E-state index in [2.05, 4.69) is 10.1 Å². The summed E-state index contributed by atoms with van der Waals surface area (Å²) in [5.41, 5.74) is -1.43. The van der Waals surface area contributed by atoms with E-state index in [1.54, 1.807) is 0 Å². The highest BCUT2D eigenvalue weighted by Crippen LogP contribution is 2.37. The van der Waals surface area contributed by atoms with Gasteiger partial charge in [0.2, 0.25) is 10.9 Å². The lowest BCUT2D eigenvalue weighted by molar-refractivity contribution is -0.144. The van der Waals surface area contributed by atoms with Crippen molar-refractivity contribution >= 4 is 33.8 Å². The van der Waals surface area contributed by atoms with Crippen LogP contribution in [0.1, 0.15) is 29.2 Å². The largest absolute Gasteiger partial charge is 0.435 e. The number of carbonyl (C=O) groups excluding carboxylic acids is 1. The van der Waals surface area contributed by atoms with Crippen molar-refractivity contribution < 1.29 is 31.5 Å². The Morgan fingerprint density at radius 1 is 1.32 bits per heavy atom. The lowest BCUT2D eigenvalue weighted by atomic mass is 10.1. The molecular weight excluding hydrogens is 431 g/mol. The molecule has 28 heavy (non-hydrogen) atoms. The van der Waals surface area contributed by atoms with Crippen LogP contribution in [0.4, 0.5) is 22.0 Å². The number of ether oxygens (including phenoxy) is 1. The quantitative estimate of drug-likeness (QED) is 0.482. The van der Waals surface area contributed by atoms with Gasteiger partial charge in [0, 0.05) is 32.9 Å². The molecule has 156 valence electrons. The molecule has 1 fully saturated rings. The normalized spacial score (nSPS) is 18.6. The van der Waals surface area contributed by atoms with Crippen molar-refractivity contribution in [1.82, 2.24) is 19.5 Å². The fraction of sp³-hybridized carbons (Fsp3) is 0.667. The highest BCUT2D eigenvalue weighted by Gasteiger charge is 2.42. The van der Waals surface area contributed by atoms with Crippen molar-refractivity contribution in [3.63, 3.8) is 0 Å². The third kappa shape index (κ3) is 4.71. The van der Waals surface area contributed by atoms with Crippen LogP contribution in [0.5, 0.6) is 0 Å². The zero-order chi connectivity index (χ0) is 20.7. The molecular formula is C15H16ClF5N4O2S. The first-order valence-electron chi connectivity index (χ1n) is 8.26. The van der Waals surface area contributed by atoms with E-state index in [4.69, 9.17) is 16.3 Å². The molecule has 0 bridgehead atoms. The number of methoxy groups -OCH3 is 1. The molecule has 2 aromatic rings. The van der Waals surface area contributed by atoms with Crippen LogP contribution >= 0.6 is 22.9 Å². The van der Waals surface area contributed by atoms with Gasteiger partial charge in [-0.25, -0.2) is 4.98 Å². The predicted octanol–water partition coefficient (Wildman–Crippen LogP) is 3.57. The first-order chi connectivity index (χ1) is 13.0. The van der Waals surface area contributed by atoms with Gasteiger partial charge in [0.05, 0.1) is 18.8 Å². The van der Waals surface area contributed by atoms with E-state index in [9.17, 15) is 26.7 Å². The number of amides is 1. The number of rotatable bonds is 7. The Bertz CT molecular complexity index is 863. The number of imidazole rings is 1. The minimum atomic E-state index is -4.74. The van der Waals surface area contributed by atoms with Crippen LogP contribution in [0.25, 0.3) is 4.96 Å². The number of fused-ring (bicyclic) bond motifs is 1. The summed E-state index contributed by atoms with van der Waals surface area (Å²) in [6.45, 7) is -0.225. The number of carbonyl (C=O) groups is 1. The fourth-order valence-electron chi connectivity index (χ4n) is 3.17. The maximum absolute atomic E-state index is 13.6. The Morgan fingerprint density at radius 2 is 2.04 bits per heavy atom. The van der Waals surface area contributed by atoms with Crippen molar-refractivity contribution in [3.05, 3.63) is 16.4 Å². The van der Waals surface area contributed by atoms with E-state index < -0.39 is 42.0 Å². The minimum absolute atomic E-state index is 0.0453. The Labute approximate surface area is 165 Å². The topological polar surface area (TPSA) is 59.7 Å². The molecule has 1 amide bonds. The third-order valence-electron chi connectivity index (χ3n) is 4.26. The molecule has 2 aromatic heterocycles. The van der Waals surface area contributed by atoms with E-state index in [0.717, 1.165) is 20.8 Å². The van der Waals surface area contributed by atoms with Gasteiger partial charge in [-0.05, 0) is 17.5 Å². The van der Waals surface area contributed by atoms with Gasteiger partial charge < -0.3 is 9.64 Å². The first kappa shape index (κ1) is 21.2. The van der Waals surface area contributed by atoms with E-state index in [0.29, 0.717) is 18.0 Å². The van der Waals surface area contributed by atoms with Gasteiger partial charge in [-0.3, -0.25) is 4.79 Å². The van der Waals surface area contributed by atoms with E-state index in [1.165, 1.54) is 7.11 Å². The summed E-state index contributed by atoms with van der Waals surface area (Å²) >= 11 is 5.90. The average Bonchev–Trinajstić information content (AvgIpc) is 3.15. The number of hydrogen-bond acceptors (Lipinski definition) is 5.